The molecule has 0 fully saturated rings. The Kier molecular flexibility index (Phi) is 3.93. The van der Waals surface area contributed by atoms with Gasteiger partial charge in [0.2, 0.25) is 0 Å². The first-order valence-electron chi connectivity index (χ1n) is 4.86. The fourth-order valence-electron chi connectivity index (χ4n) is 1.35. The summed E-state index contributed by atoms with van der Waals surface area (Å²) in [5.74, 6) is -1.13. The summed E-state index contributed by atoms with van der Waals surface area (Å²) in [5.41, 5.74) is 0.331. The molecule has 0 bridgehead atoms. The smallest absolute Gasteiger partial charge is 0.152 e. The molecule has 0 radical (unpaired) electrons. The maximum Gasteiger partial charge on any atom is 0.152 e. The van der Waals surface area contributed by atoms with E-state index in [1.165, 1.54) is 23.5 Å². The van der Waals surface area contributed by atoms with Gasteiger partial charge in [-0.25, -0.2) is 13.8 Å². The van der Waals surface area contributed by atoms with Gasteiger partial charge in [0.05, 0.1) is 15.6 Å². The van der Waals surface area contributed by atoms with Crippen LogP contribution in [0.5, 0.6) is 0 Å². The lowest BCUT2D eigenvalue weighted by atomic mass is 10.2. The number of thiazole rings is 1. The Morgan fingerprint density at radius 1 is 1.41 bits per heavy atom. The van der Waals surface area contributed by atoms with Crippen molar-refractivity contribution in [2.75, 3.05) is 5.32 Å². The number of rotatable bonds is 3. The summed E-state index contributed by atoms with van der Waals surface area (Å²) in [6, 6.07) is 2.68. The van der Waals surface area contributed by atoms with Gasteiger partial charge in [-0.15, -0.1) is 11.3 Å². The Morgan fingerprint density at radius 2 is 2.18 bits per heavy atom. The fraction of sp³-hybridized carbons (Fsp3) is 0.182. The first kappa shape index (κ1) is 12.7. The van der Waals surface area contributed by atoms with Crippen LogP contribution in [-0.4, -0.2) is 4.98 Å². The van der Waals surface area contributed by atoms with Crippen LogP contribution in [0.3, 0.4) is 0 Å². The highest BCUT2D eigenvalue weighted by Crippen LogP contribution is 2.23. The van der Waals surface area contributed by atoms with Crippen LogP contribution in [-0.2, 0) is 6.54 Å². The number of aryl methyl sites for hydroxylation is 1. The lowest BCUT2D eigenvalue weighted by Gasteiger charge is -2.08. The molecule has 17 heavy (non-hydrogen) atoms. The lowest BCUT2D eigenvalue weighted by Crippen LogP contribution is -2.04. The second-order valence-corrected chi connectivity index (χ2v) is 6.47. The molecule has 2 rings (SSSR count). The maximum atomic E-state index is 13.6. The van der Waals surface area contributed by atoms with Crippen molar-refractivity contribution in [2.45, 2.75) is 13.5 Å². The molecule has 0 aliphatic heterocycles. The van der Waals surface area contributed by atoms with Crippen LogP contribution >= 0.6 is 33.9 Å². The van der Waals surface area contributed by atoms with Crippen LogP contribution in [0, 0.1) is 21.4 Å². The number of aromatic nitrogens is 1. The Labute approximate surface area is 115 Å². The van der Waals surface area contributed by atoms with Crippen molar-refractivity contribution in [3.8, 4) is 0 Å². The van der Waals surface area contributed by atoms with Gasteiger partial charge in [0.1, 0.15) is 16.5 Å². The summed E-state index contributed by atoms with van der Waals surface area (Å²) in [7, 11) is 0. The largest absolute Gasteiger partial charge is 0.374 e. The minimum Gasteiger partial charge on any atom is -0.374 e. The predicted molar refractivity (Wildman–Crippen MR) is 73.3 cm³/mol. The highest BCUT2D eigenvalue weighted by Gasteiger charge is 2.11. The van der Waals surface area contributed by atoms with Crippen molar-refractivity contribution in [1.82, 2.24) is 4.98 Å². The first-order valence-corrected chi connectivity index (χ1v) is 6.76. The van der Waals surface area contributed by atoms with Crippen molar-refractivity contribution >= 4 is 39.6 Å². The monoisotopic (exact) mass is 366 g/mol. The van der Waals surface area contributed by atoms with Gasteiger partial charge < -0.3 is 5.32 Å². The normalized spacial score (nSPS) is 10.6. The van der Waals surface area contributed by atoms with Gasteiger partial charge in [-0.05, 0) is 41.1 Å². The molecular formula is C11H9F2IN2S. The number of nitrogens with zero attached hydrogens (tertiary/aromatic N) is 1. The van der Waals surface area contributed by atoms with E-state index in [9.17, 15) is 8.78 Å². The molecule has 90 valence electrons. The summed E-state index contributed by atoms with van der Waals surface area (Å²) in [4.78, 5) is 4.12. The van der Waals surface area contributed by atoms with E-state index in [2.05, 4.69) is 32.9 Å². The molecule has 2 aromatic rings. The van der Waals surface area contributed by atoms with Gasteiger partial charge in [0, 0.05) is 0 Å². The van der Waals surface area contributed by atoms with Crippen LogP contribution in [0.1, 0.15) is 10.6 Å². The number of hydrogen-bond acceptors (Lipinski definition) is 3. The highest BCUT2D eigenvalue weighted by atomic mass is 127. The Balaban J connectivity index is 2.16. The Morgan fingerprint density at radius 3 is 2.82 bits per heavy atom. The molecule has 0 saturated heterocycles. The number of anilines is 1. The fourth-order valence-corrected chi connectivity index (χ4v) is 2.83. The molecule has 0 saturated carbocycles. The Bertz CT molecular complexity index is 542. The van der Waals surface area contributed by atoms with Gasteiger partial charge in [-0.2, -0.15) is 0 Å². The van der Waals surface area contributed by atoms with E-state index in [1.807, 2.05) is 0 Å². The molecule has 0 unspecified atom stereocenters. The van der Waals surface area contributed by atoms with Gasteiger partial charge >= 0.3 is 0 Å². The molecule has 0 aliphatic carbocycles. The van der Waals surface area contributed by atoms with Crippen molar-refractivity contribution in [1.29, 1.82) is 0 Å². The number of nitrogens with one attached hydrogen (secondary N) is 1. The molecule has 1 heterocycles. The second kappa shape index (κ2) is 5.26. The molecule has 0 amide bonds. The van der Waals surface area contributed by atoms with E-state index in [1.54, 1.807) is 13.1 Å². The summed E-state index contributed by atoms with van der Waals surface area (Å²) in [5, 5.41) is 3.55. The standard InChI is InChI=1S/C11H9F2IN2S/c1-6-2-3-7(12)11(10(6)13)16-5-9-15-4-8(14)17-9/h2-4,16H,5H2,1H3. The average molecular weight is 366 g/mol. The van der Waals surface area contributed by atoms with E-state index in [-0.39, 0.29) is 5.69 Å². The molecule has 0 spiro atoms. The zero-order valence-electron chi connectivity index (χ0n) is 8.93. The minimum atomic E-state index is -0.584. The van der Waals surface area contributed by atoms with E-state index < -0.39 is 11.6 Å². The minimum absolute atomic E-state index is 0.0878. The summed E-state index contributed by atoms with van der Waals surface area (Å²) >= 11 is 3.64. The third-order valence-corrected chi connectivity index (χ3v) is 3.95. The average Bonchev–Trinajstić information content (AvgIpc) is 2.70. The molecule has 6 heteroatoms. The summed E-state index contributed by atoms with van der Waals surface area (Å²) < 4.78 is 28.1. The van der Waals surface area contributed by atoms with E-state index >= 15 is 0 Å². The molecule has 0 aliphatic rings. The van der Waals surface area contributed by atoms with Crippen molar-refractivity contribution < 1.29 is 8.78 Å². The van der Waals surface area contributed by atoms with Crippen molar-refractivity contribution in [3.63, 3.8) is 0 Å². The quantitative estimate of drug-likeness (QED) is 0.833. The summed E-state index contributed by atoms with van der Waals surface area (Å²) in [6.07, 6.45) is 1.73. The molecular weight excluding hydrogens is 357 g/mol. The molecule has 1 N–H and O–H groups in total. The van der Waals surface area contributed by atoms with Gasteiger partial charge in [0.15, 0.2) is 5.82 Å². The summed E-state index contributed by atoms with van der Waals surface area (Å²) in [6.45, 7) is 1.93. The molecule has 0 atom stereocenters. The Hall–Kier alpha value is -0.760. The zero-order valence-corrected chi connectivity index (χ0v) is 11.9. The molecule has 1 aromatic heterocycles. The van der Waals surface area contributed by atoms with Gasteiger partial charge in [-0.3, -0.25) is 0 Å². The highest BCUT2D eigenvalue weighted by molar-refractivity contribution is 14.1. The van der Waals surface area contributed by atoms with E-state index in [0.717, 1.165) is 7.89 Å². The van der Waals surface area contributed by atoms with Gasteiger partial charge in [-0.1, -0.05) is 6.07 Å². The van der Waals surface area contributed by atoms with Crippen molar-refractivity contribution in [3.05, 3.63) is 43.4 Å². The third-order valence-electron chi connectivity index (χ3n) is 2.23. The maximum absolute atomic E-state index is 13.6. The van der Waals surface area contributed by atoms with E-state index in [4.69, 9.17) is 0 Å². The number of hydrogen-bond donors (Lipinski definition) is 1. The predicted octanol–water partition coefficient (Wildman–Crippen LogP) is 3.95. The van der Waals surface area contributed by atoms with E-state index in [0.29, 0.717) is 12.1 Å². The van der Waals surface area contributed by atoms with Crippen LogP contribution in [0.15, 0.2) is 18.3 Å². The lowest BCUT2D eigenvalue weighted by molar-refractivity contribution is 0.582. The van der Waals surface area contributed by atoms with Crippen LogP contribution in [0.2, 0.25) is 0 Å². The topological polar surface area (TPSA) is 24.9 Å². The van der Waals surface area contributed by atoms with Crippen LogP contribution < -0.4 is 5.32 Å². The third kappa shape index (κ3) is 2.92. The van der Waals surface area contributed by atoms with Gasteiger partial charge in [0.25, 0.3) is 0 Å². The number of halogens is 3. The molecule has 2 nitrogen and oxygen atoms in total. The SMILES string of the molecule is Cc1ccc(F)c(NCc2ncc(I)s2)c1F. The van der Waals surface area contributed by atoms with Crippen molar-refractivity contribution in [2.24, 2.45) is 0 Å². The van der Waals surface area contributed by atoms with Crippen LogP contribution in [0.25, 0.3) is 0 Å². The first-order chi connectivity index (χ1) is 8.08. The zero-order chi connectivity index (χ0) is 12.4. The molecule has 1 aromatic carbocycles. The number of benzene rings is 1. The second-order valence-electron chi connectivity index (χ2n) is 3.46. The van der Waals surface area contributed by atoms with Crippen LogP contribution in [0.4, 0.5) is 14.5 Å².